The van der Waals surface area contributed by atoms with Gasteiger partial charge < -0.3 is 53.1 Å². The number of aromatic nitrogens is 9. The molecule has 0 aliphatic carbocycles. The van der Waals surface area contributed by atoms with Crippen LogP contribution >= 0.6 is 0 Å². The number of pyridine rings is 9. The van der Waals surface area contributed by atoms with Gasteiger partial charge in [-0.05, 0) is 155 Å². The maximum absolute atomic E-state index is 5.88. The van der Waals surface area contributed by atoms with Crippen LogP contribution in [0.2, 0.25) is 52.4 Å². The molecule has 0 amide bonds. The summed E-state index contributed by atoms with van der Waals surface area (Å²) >= 11 is 0. The summed E-state index contributed by atoms with van der Waals surface area (Å²) in [5.74, 6) is 0.609. The largest absolute Gasteiger partial charge is 0.486 e. The maximum atomic E-state index is 5.88. The van der Waals surface area contributed by atoms with Gasteiger partial charge in [-0.15, -0.1) is 155 Å². The van der Waals surface area contributed by atoms with Crippen LogP contribution in [-0.4, -0.2) is 69.1 Å². The number of benzene rings is 7. The van der Waals surface area contributed by atoms with Crippen LogP contribution in [0.15, 0.2) is 305 Å². The van der Waals surface area contributed by atoms with Crippen LogP contribution in [0, 0.1) is 70.3 Å². The number of rotatable bonds is 12. The topological polar surface area (TPSA) is 155 Å². The molecule has 7 aromatic carbocycles. The number of hydrogen-bond acceptors (Lipinski definition) is 12. The van der Waals surface area contributed by atoms with Crippen molar-refractivity contribution in [3.63, 3.8) is 0 Å². The summed E-state index contributed by atoms with van der Waals surface area (Å²) in [4.78, 5) is 40.3. The molecule has 121 heavy (non-hydrogen) atoms. The van der Waals surface area contributed by atoms with E-state index in [1.165, 1.54) is 43.0 Å². The van der Waals surface area contributed by atoms with Crippen LogP contribution in [0.25, 0.3) is 134 Å². The van der Waals surface area contributed by atoms with E-state index in [0.29, 0.717) is 23.1 Å². The van der Waals surface area contributed by atoms with E-state index in [0.717, 1.165) is 129 Å². The first-order valence-electron chi connectivity index (χ1n) is 39.8. The average Bonchev–Trinajstić information content (AvgIpc) is 1.64. The van der Waals surface area contributed by atoms with E-state index in [1.807, 2.05) is 190 Å². The number of para-hydroxylation sites is 2. The van der Waals surface area contributed by atoms with E-state index < -0.39 is 24.2 Å². The quantitative estimate of drug-likeness (QED) is 0.0844. The van der Waals surface area contributed by atoms with Crippen molar-refractivity contribution in [2.75, 3.05) is 0 Å². The number of aryl methyl sites for hydroxylation is 4. The SMILES string of the molecule is CC(C)Cc1cc(-c2[c-]nc3oc4ccccc4c3c2)ncc1[Si](C)(C)C.C[Si](C)(C)c1ccc(-c2[c-]nc3oc4ccccc4c3c2)nc1.Cc1ccc(-c2[c-]cccc2)nc1.Cc1ccc2c(n1)oc1c[c-]c(-c3ccc([Si](C)(C)c4ccccc4)cn3)cc12.Cc1ccnc(-c2[c-]cccc2)c1.Cc1ccnc(-c2[c-]cccc2)c1.[Ir].[Ir].[Ir]. The molecule has 0 aliphatic rings. The summed E-state index contributed by atoms with van der Waals surface area (Å²) in [6.45, 7) is 31.5. The molecule has 12 heterocycles. The number of hydrogen-bond donors (Lipinski definition) is 0. The van der Waals surface area contributed by atoms with Crippen molar-refractivity contribution in [3.05, 3.63) is 357 Å². The van der Waals surface area contributed by atoms with E-state index in [4.69, 9.17) is 23.2 Å². The molecule has 18 heteroatoms. The summed E-state index contributed by atoms with van der Waals surface area (Å²) < 4.78 is 17.5. The molecular formula is C103H93Ir3N9O3Si3-6. The Kier molecular flexibility index (Phi) is 30.7. The standard InChI is InChI=1S/C25H21N2OSi.C23H25N2OSi.C19H17N2OSi.3C12H10N.3Ir/c1-17-9-12-21-22-15-18(10-14-24(22)28-25(21)27-17)23-13-11-20(16-26-23)29(2,3)19-7-5-4-6-8-19;1-15(2)10-16-12-20(24-14-22(16)27(3,4)5)17-11-19-18-8-6-7-9-21(18)26-23(19)25-13-17;1-23(2,3)14-8-9-17(20-12-14)13-10-16-15-6-4-5-7-18(15)22-19(16)21-11-13;2*1-10-7-8-13-12(9-10)11-5-3-2-4-6-11;1-10-7-8-12(13-9-10)11-5-3-2-4-6-11;;;/h4-9,11-16H,1-3H3;6-9,11-12,14-15H,10H2,1-5H3;4-10,12H,1-3H3;3*2-5,7-9H,1H3;;;/q6*-1;;;. The summed E-state index contributed by atoms with van der Waals surface area (Å²) in [5, 5.41) is 11.8. The van der Waals surface area contributed by atoms with Crippen LogP contribution in [0.1, 0.15) is 41.8 Å². The molecule has 0 unspecified atom stereocenters. The van der Waals surface area contributed by atoms with Gasteiger partial charge in [0.25, 0.3) is 0 Å². The Bertz CT molecular complexity index is 6520. The van der Waals surface area contributed by atoms with Gasteiger partial charge in [0.15, 0.2) is 0 Å². The molecule has 0 spiro atoms. The van der Waals surface area contributed by atoms with Crippen molar-refractivity contribution in [2.45, 2.75) is 100 Å². The van der Waals surface area contributed by atoms with Gasteiger partial charge in [-0.1, -0.05) is 215 Å². The fraction of sp³-hybridized carbons (Fsp3) is 0.155. The number of furan rings is 3. The molecule has 0 aliphatic heterocycles. The minimum atomic E-state index is -1.75. The monoisotopic (exact) mass is 2170 g/mol. The fourth-order valence-electron chi connectivity index (χ4n) is 13.8. The second-order valence-corrected chi connectivity index (χ2v) is 46.9. The van der Waals surface area contributed by atoms with Crippen LogP contribution < -0.4 is 20.7 Å². The average molecular weight is 2170 g/mol. The Labute approximate surface area is 753 Å². The predicted octanol–water partition coefficient (Wildman–Crippen LogP) is 23.5. The third-order valence-corrected chi connectivity index (χ3v) is 27.9. The molecule has 3 radical (unpaired) electrons. The smallest absolute Gasteiger partial charge is 0.216 e. The minimum absolute atomic E-state index is 0. The van der Waals surface area contributed by atoms with Gasteiger partial charge in [0.05, 0.1) is 21.7 Å². The molecule has 0 saturated carbocycles. The van der Waals surface area contributed by atoms with Gasteiger partial charge in [-0.2, -0.15) is 0 Å². The van der Waals surface area contributed by atoms with E-state index >= 15 is 0 Å². The number of nitrogens with zero attached hydrogens (tertiary/aromatic N) is 9. The zero-order valence-corrected chi connectivity index (χ0v) is 80.4. The molecule has 12 nitrogen and oxygen atoms in total. The summed E-state index contributed by atoms with van der Waals surface area (Å²) in [6, 6.07) is 98.3. The van der Waals surface area contributed by atoms with Crippen LogP contribution in [-0.2, 0) is 66.7 Å². The third kappa shape index (κ3) is 22.7. The molecule has 0 saturated heterocycles. The Balaban J connectivity index is 0.000000145. The molecule has 0 fully saturated rings. The minimum Gasteiger partial charge on any atom is -0.486 e. The summed E-state index contributed by atoms with van der Waals surface area (Å²) in [7, 11) is -4.52. The molecule has 12 aromatic heterocycles. The summed E-state index contributed by atoms with van der Waals surface area (Å²) in [6.07, 6.45) is 18.9. The predicted molar refractivity (Wildman–Crippen MR) is 493 cm³/mol. The first kappa shape index (κ1) is 90.6. The maximum Gasteiger partial charge on any atom is 0.216 e. The van der Waals surface area contributed by atoms with Crippen molar-refractivity contribution < 1.29 is 73.6 Å². The van der Waals surface area contributed by atoms with E-state index in [2.05, 4.69) is 267 Å². The van der Waals surface area contributed by atoms with Crippen molar-refractivity contribution in [1.82, 2.24) is 44.9 Å². The van der Waals surface area contributed by atoms with Crippen LogP contribution in [0.5, 0.6) is 0 Å². The fourth-order valence-corrected chi connectivity index (χ4v) is 18.6. The molecule has 19 rings (SSSR count). The van der Waals surface area contributed by atoms with Crippen molar-refractivity contribution >= 4 is 111 Å². The van der Waals surface area contributed by atoms with Gasteiger partial charge in [0.2, 0.25) is 5.71 Å². The Hall–Kier alpha value is -11.1. The van der Waals surface area contributed by atoms with Crippen molar-refractivity contribution in [3.8, 4) is 67.5 Å². The van der Waals surface area contributed by atoms with Crippen LogP contribution in [0.4, 0.5) is 0 Å². The number of fused-ring (bicyclic) bond motifs is 9. The summed E-state index contributed by atoms with van der Waals surface area (Å²) in [5.41, 5.74) is 22.0. The van der Waals surface area contributed by atoms with Crippen molar-refractivity contribution in [1.29, 1.82) is 0 Å². The first-order valence-corrected chi connectivity index (χ1v) is 49.8. The molecule has 19 aromatic rings. The molecule has 0 bridgehead atoms. The van der Waals surface area contributed by atoms with E-state index in [-0.39, 0.29) is 60.3 Å². The zero-order valence-electron chi connectivity index (χ0n) is 70.2. The third-order valence-electron chi connectivity index (χ3n) is 20.3. The van der Waals surface area contributed by atoms with Gasteiger partial charge in [0, 0.05) is 119 Å². The normalized spacial score (nSPS) is 11.1. The Morgan fingerprint density at radius 3 is 1.29 bits per heavy atom. The second-order valence-electron chi connectivity index (χ2n) is 32.4. The molecular weight excluding hydrogens is 2070 g/mol. The van der Waals surface area contributed by atoms with Gasteiger partial charge >= 0.3 is 0 Å². The Morgan fingerprint density at radius 1 is 0.331 bits per heavy atom. The zero-order chi connectivity index (χ0) is 82.5. The molecule has 0 atom stereocenters. The van der Waals surface area contributed by atoms with E-state index in [1.54, 1.807) is 0 Å². The van der Waals surface area contributed by atoms with Gasteiger partial charge in [-0.25, -0.2) is 4.98 Å². The molecule has 0 N–H and O–H groups in total. The van der Waals surface area contributed by atoms with Crippen LogP contribution in [0.3, 0.4) is 0 Å². The van der Waals surface area contributed by atoms with Gasteiger partial charge in [0.1, 0.15) is 30.7 Å². The Morgan fingerprint density at radius 2 is 0.793 bits per heavy atom. The van der Waals surface area contributed by atoms with Crippen molar-refractivity contribution in [2.24, 2.45) is 5.92 Å². The van der Waals surface area contributed by atoms with Gasteiger partial charge in [-0.3, -0.25) is 0 Å². The first-order chi connectivity index (χ1) is 56.9. The van der Waals surface area contributed by atoms with E-state index in [9.17, 15) is 0 Å². The second kappa shape index (κ2) is 41.0. The molecule has 613 valence electrons.